The van der Waals surface area contributed by atoms with Crippen molar-refractivity contribution >= 4 is 24.1 Å². The second-order valence-electron chi connectivity index (χ2n) is 2.01. The molecule has 0 fully saturated rings. The van der Waals surface area contributed by atoms with Gasteiger partial charge in [0.25, 0.3) is 0 Å². The highest BCUT2D eigenvalue weighted by Gasteiger charge is 2.13. The van der Waals surface area contributed by atoms with Crippen LogP contribution in [0.5, 0.6) is 0 Å². The molecular weight excluding hydrogens is 170 g/mol. The van der Waals surface area contributed by atoms with Crippen LogP contribution in [0, 0.1) is 5.41 Å². The van der Waals surface area contributed by atoms with Gasteiger partial charge in [-0.25, -0.2) is 0 Å². The standard InChI is InChI=1S/C6H11NO3.ClH/c1-4(7)5(10-2)3-6(8)9;/h5,7H,3H2,1-2H3,(H,8,9);1H. The van der Waals surface area contributed by atoms with Crippen molar-refractivity contribution in [3.8, 4) is 0 Å². The second-order valence-corrected chi connectivity index (χ2v) is 2.01. The van der Waals surface area contributed by atoms with Crippen LogP contribution in [0.3, 0.4) is 0 Å². The number of hydrogen-bond donors (Lipinski definition) is 2. The Morgan fingerprint density at radius 2 is 2.18 bits per heavy atom. The number of carbonyl (C=O) groups is 1. The molecule has 0 aliphatic heterocycles. The molecule has 0 aliphatic rings. The van der Waals surface area contributed by atoms with Gasteiger partial charge in [0.15, 0.2) is 0 Å². The van der Waals surface area contributed by atoms with Crippen molar-refractivity contribution in [3.05, 3.63) is 0 Å². The van der Waals surface area contributed by atoms with E-state index >= 15 is 0 Å². The molecule has 5 heteroatoms. The van der Waals surface area contributed by atoms with Crippen molar-refractivity contribution in [2.24, 2.45) is 0 Å². The van der Waals surface area contributed by atoms with Crippen LogP contribution in [0.25, 0.3) is 0 Å². The predicted molar refractivity (Wildman–Crippen MR) is 43.7 cm³/mol. The number of ether oxygens (including phenoxy) is 1. The minimum atomic E-state index is -0.946. The van der Waals surface area contributed by atoms with E-state index in [-0.39, 0.29) is 24.5 Å². The fourth-order valence-electron chi connectivity index (χ4n) is 0.572. The molecule has 0 saturated carbocycles. The highest BCUT2D eigenvalue weighted by atomic mass is 35.5. The summed E-state index contributed by atoms with van der Waals surface area (Å²) in [6.07, 6.45) is -0.705. The molecule has 0 aromatic carbocycles. The maximum absolute atomic E-state index is 10.1. The van der Waals surface area contributed by atoms with Crippen molar-refractivity contribution in [1.82, 2.24) is 0 Å². The smallest absolute Gasteiger partial charge is 0.306 e. The molecule has 0 aromatic rings. The van der Waals surface area contributed by atoms with Crippen molar-refractivity contribution in [1.29, 1.82) is 5.41 Å². The van der Waals surface area contributed by atoms with Gasteiger partial charge in [-0.15, -0.1) is 12.4 Å². The number of carboxylic acids is 1. The molecule has 66 valence electrons. The molecule has 0 aliphatic carbocycles. The van der Waals surface area contributed by atoms with Gasteiger partial charge in [0.2, 0.25) is 0 Å². The molecular formula is C6H12ClNO3. The van der Waals surface area contributed by atoms with E-state index in [0.717, 1.165) is 0 Å². The Hall–Kier alpha value is -0.610. The van der Waals surface area contributed by atoms with Crippen LogP contribution >= 0.6 is 12.4 Å². The van der Waals surface area contributed by atoms with E-state index in [1.165, 1.54) is 14.0 Å². The first-order chi connectivity index (χ1) is 4.57. The van der Waals surface area contributed by atoms with Gasteiger partial charge in [-0.05, 0) is 6.92 Å². The Bertz CT molecular complexity index is 149. The van der Waals surface area contributed by atoms with Crippen LogP contribution in [0.4, 0.5) is 0 Å². The summed E-state index contributed by atoms with van der Waals surface area (Å²) in [4.78, 5) is 10.1. The van der Waals surface area contributed by atoms with Crippen molar-refractivity contribution < 1.29 is 14.6 Å². The number of methoxy groups -OCH3 is 1. The lowest BCUT2D eigenvalue weighted by atomic mass is 10.2. The van der Waals surface area contributed by atoms with Gasteiger partial charge < -0.3 is 15.3 Å². The zero-order valence-electron chi connectivity index (χ0n) is 6.46. The minimum Gasteiger partial charge on any atom is -0.481 e. The molecule has 0 saturated heterocycles. The highest BCUT2D eigenvalue weighted by molar-refractivity contribution is 5.87. The normalized spacial score (nSPS) is 11.5. The van der Waals surface area contributed by atoms with Gasteiger partial charge in [-0.2, -0.15) is 0 Å². The van der Waals surface area contributed by atoms with Gasteiger partial charge in [-0.1, -0.05) is 0 Å². The molecule has 4 nitrogen and oxygen atoms in total. The Balaban J connectivity index is 0. The van der Waals surface area contributed by atoms with E-state index in [9.17, 15) is 4.79 Å². The SMILES string of the molecule is COC(CC(=O)O)C(C)=N.Cl. The van der Waals surface area contributed by atoms with Crippen LogP contribution in [-0.2, 0) is 9.53 Å². The lowest BCUT2D eigenvalue weighted by Crippen LogP contribution is -2.22. The van der Waals surface area contributed by atoms with Crippen LogP contribution < -0.4 is 0 Å². The number of rotatable bonds is 4. The van der Waals surface area contributed by atoms with Crippen molar-refractivity contribution in [2.75, 3.05) is 7.11 Å². The highest BCUT2D eigenvalue weighted by Crippen LogP contribution is 1.97. The number of halogens is 1. The van der Waals surface area contributed by atoms with Crippen LogP contribution in [0.15, 0.2) is 0 Å². The molecule has 0 aromatic heterocycles. The first-order valence-corrected chi connectivity index (χ1v) is 2.87. The summed E-state index contributed by atoms with van der Waals surface area (Å²) in [5.41, 5.74) is 0.241. The molecule has 2 N–H and O–H groups in total. The van der Waals surface area contributed by atoms with E-state index in [4.69, 9.17) is 15.3 Å². The summed E-state index contributed by atoms with van der Waals surface area (Å²) in [5, 5.41) is 15.3. The maximum Gasteiger partial charge on any atom is 0.306 e. The van der Waals surface area contributed by atoms with Crippen molar-refractivity contribution in [3.63, 3.8) is 0 Å². The summed E-state index contributed by atoms with van der Waals surface area (Å²) in [7, 11) is 1.39. The summed E-state index contributed by atoms with van der Waals surface area (Å²) in [5.74, 6) is -0.946. The van der Waals surface area contributed by atoms with E-state index in [0.29, 0.717) is 0 Å². The average molecular weight is 182 g/mol. The molecule has 1 unspecified atom stereocenters. The van der Waals surface area contributed by atoms with Gasteiger partial charge in [0.1, 0.15) is 6.10 Å². The van der Waals surface area contributed by atoms with E-state index in [2.05, 4.69) is 0 Å². The summed E-state index contributed by atoms with van der Waals surface area (Å²) in [6.45, 7) is 1.52. The quantitative estimate of drug-likeness (QED) is 0.634. The third-order valence-electron chi connectivity index (χ3n) is 1.13. The monoisotopic (exact) mass is 181 g/mol. The van der Waals surface area contributed by atoms with Crippen molar-refractivity contribution in [2.45, 2.75) is 19.4 Å². The van der Waals surface area contributed by atoms with Gasteiger partial charge in [-0.3, -0.25) is 4.79 Å². The number of hydrogen-bond acceptors (Lipinski definition) is 3. The minimum absolute atomic E-state index is 0. The summed E-state index contributed by atoms with van der Waals surface area (Å²) >= 11 is 0. The Labute approximate surface area is 71.5 Å². The zero-order valence-corrected chi connectivity index (χ0v) is 7.27. The van der Waals surface area contributed by atoms with Gasteiger partial charge in [0, 0.05) is 12.8 Å². The molecule has 0 spiro atoms. The molecule has 0 amide bonds. The molecule has 0 bridgehead atoms. The zero-order chi connectivity index (χ0) is 8.15. The lowest BCUT2D eigenvalue weighted by molar-refractivity contribution is -0.138. The molecule has 1 atom stereocenters. The van der Waals surface area contributed by atoms with E-state index < -0.39 is 12.1 Å². The summed E-state index contributed by atoms with van der Waals surface area (Å²) in [6, 6.07) is 0. The molecule has 11 heavy (non-hydrogen) atoms. The Morgan fingerprint density at radius 3 is 2.27 bits per heavy atom. The lowest BCUT2D eigenvalue weighted by Gasteiger charge is -2.09. The van der Waals surface area contributed by atoms with Gasteiger partial charge in [0.05, 0.1) is 6.42 Å². The topological polar surface area (TPSA) is 70.4 Å². The Kier molecular flexibility index (Phi) is 7.24. The fraction of sp³-hybridized carbons (Fsp3) is 0.667. The number of carboxylic acid groups (broad SMARTS) is 1. The molecule has 0 heterocycles. The maximum atomic E-state index is 10.1. The number of aliphatic carboxylic acids is 1. The fourth-order valence-corrected chi connectivity index (χ4v) is 0.572. The average Bonchev–Trinajstić information content (AvgIpc) is 1.81. The van der Waals surface area contributed by atoms with E-state index in [1.807, 2.05) is 0 Å². The van der Waals surface area contributed by atoms with Gasteiger partial charge >= 0.3 is 5.97 Å². The molecule has 0 radical (unpaired) electrons. The van der Waals surface area contributed by atoms with E-state index in [1.54, 1.807) is 0 Å². The van der Waals surface area contributed by atoms with Crippen LogP contribution in [0.1, 0.15) is 13.3 Å². The Morgan fingerprint density at radius 1 is 1.73 bits per heavy atom. The first kappa shape index (κ1) is 13.0. The first-order valence-electron chi connectivity index (χ1n) is 2.87. The molecule has 0 rings (SSSR count). The summed E-state index contributed by atoms with van der Waals surface area (Å²) < 4.78 is 4.72. The predicted octanol–water partition coefficient (Wildman–Crippen LogP) is 0.938. The largest absolute Gasteiger partial charge is 0.481 e. The number of nitrogens with one attached hydrogen (secondary N) is 1. The van der Waals surface area contributed by atoms with Crippen LogP contribution in [0.2, 0.25) is 0 Å². The third-order valence-corrected chi connectivity index (χ3v) is 1.13. The second kappa shape index (κ2) is 6.12. The van der Waals surface area contributed by atoms with Crippen LogP contribution in [-0.4, -0.2) is 30.0 Å². The third kappa shape index (κ3) is 5.82.